The lowest BCUT2D eigenvalue weighted by atomic mass is 9.98. The van der Waals surface area contributed by atoms with E-state index in [1.807, 2.05) is 13.8 Å². The van der Waals surface area contributed by atoms with E-state index in [9.17, 15) is 18.0 Å². The van der Waals surface area contributed by atoms with Gasteiger partial charge >= 0.3 is 11.9 Å². The number of piperazine rings is 1. The highest BCUT2D eigenvalue weighted by Gasteiger charge is 2.36. The van der Waals surface area contributed by atoms with Crippen molar-refractivity contribution in [1.29, 1.82) is 0 Å². The van der Waals surface area contributed by atoms with Gasteiger partial charge in [0.2, 0.25) is 5.52 Å². The maximum absolute atomic E-state index is 13.0. The van der Waals surface area contributed by atoms with Crippen molar-refractivity contribution >= 4 is 22.7 Å². The summed E-state index contributed by atoms with van der Waals surface area (Å²) in [6, 6.07) is 8.59. The average molecular weight is 485 g/mol. The van der Waals surface area contributed by atoms with Crippen molar-refractivity contribution in [2.24, 2.45) is 7.05 Å². The summed E-state index contributed by atoms with van der Waals surface area (Å²) in [5.74, 6) is 0.690. The van der Waals surface area contributed by atoms with E-state index in [0.717, 1.165) is 24.1 Å². The second-order valence-electron chi connectivity index (χ2n) is 8.98. The van der Waals surface area contributed by atoms with Crippen molar-refractivity contribution in [2.75, 3.05) is 18.0 Å². The summed E-state index contributed by atoms with van der Waals surface area (Å²) >= 11 is 0. The Morgan fingerprint density at radius 3 is 2.43 bits per heavy atom. The predicted molar refractivity (Wildman–Crippen MR) is 128 cm³/mol. The van der Waals surface area contributed by atoms with Crippen molar-refractivity contribution < 1.29 is 13.2 Å². The average Bonchev–Trinajstić information content (AvgIpc) is 2.85. The van der Waals surface area contributed by atoms with Crippen LogP contribution in [0.1, 0.15) is 44.4 Å². The molecule has 1 unspecified atom stereocenters. The van der Waals surface area contributed by atoms with Gasteiger partial charge in [-0.05, 0) is 50.1 Å². The minimum atomic E-state index is -4.36. The zero-order valence-corrected chi connectivity index (χ0v) is 20.0. The lowest BCUT2D eigenvalue weighted by Gasteiger charge is -2.48. The molecule has 0 N–H and O–H groups in total. The number of aromatic nitrogens is 3. The first-order chi connectivity index (χ1) is 16.5. The van der Waals surface area contributed by atoms with Crippen LogP contribution in [0.4, 0.5) is 24.8 Å². The Kier molecular flexibility index (Phi) is 6.56. The van der Waals surface area contributed by atoms with Crippen LogP contribution in [0.15, 0.2) is 41.2 Å². The molecule has 3 atom stereocenters. The molecule has 0 amide bonds. The molecule has 1 aliphatic heterocycles. The highest BCUT2D eigenvalue weighted by Crippen LogP contribution is 2.34. The van der Waals surface area contributed by atoms with E-state index >= 15 is 0 Å². The number of fused-ring (bicyclic) bond motifs is 1. The molecule has 1 aromatic carbocycles. The Morgan fingerprint density at radius 1 is 1.14 bits per heavy atom. The number of halogens is 3. The molecule has 184 valence electrons. The van der Waals surface area contributed by atoms with Crippen LogP contribution < -0.4 is 10.6 Å². The molecule has 1 saturated heterocycles. The summed E-state index contributed by atoms with van der Waals surface area (Å²) in [5.41, 5.74) is 0.872. The van der Waals surface area contributed by atoms with Crippen LogP contribution in [-0.4, -0.2) is 44.6 Å². The molecule has 3 aromatic rings. The number of alkyl halides is 3. The van der Waals surface area contributed by atoms with Crippen molar-refractivity contribution in [3.63, 3.8) is 0 Å². The first-order valence-corrected chi connectivity index (χ1v) is 11.5. The molecular weight excluding hydrogens is 457 g/mol. The zero-order chi connectivity index (χ0) is 25.5. The van der Waals surface area contributed by atoms with Crippen LogP contribution in [0, 0.1) is 6.57 Å². The minimum absolute atomic E-state index is 0.0455. The van der Waals surface area contributed by atoms with Crippen LogP contribution in [0.3, 0.4) is 0 Å². The second kappa shape index (κ2) is 9.30. The number of anilines is 1. The quantitative estimate of drug-likeness (QED) is 0.491. The van der Waals surface area contributed by atoms with Crippen LogP contribution in [0.5, 0.6) is 0 Å². The van der Waals surface area contributed by atoms with Gasteiger partial charge < -0.3 is 9.74 Å². The van der Waals surface area contributed by atoms with Crippen LogP contribution >= 0.6 is 0 Å². The van der Waals surface area contributed by atoms with Crippen LogP contribution in [-0.2, 0) is 13.2 Å². The fourth-order valence-corrected chi connectivity index (χ4v) is 4.80. The third kappa shape index (κ3) is 4.60. The number of hydrogen-bond acceptors (Lipinski definition) is 5. The Bertz CT molecular complexity index is 1330. The summed E-state index contributed by atoms with van der Waals surface area (Å²) in [4.78, 5) is 29.2. The monoisotopic (exact) mass is 484 g/mol. The maximum atomic E-state index is 13.0. The highest BCUT2D eigenvalue weighted by molar-refractivity contribution is 5.87. The molecule has 10 heteroatoms. The van der Waals surface area contributed by atoms with E-state index in [4.69, 9.17) is 6.57 Å². The highest BCUT2D eigenvalue weighted by atomic mass is 19.4. The molecule has 0 radical (unpaired) electrons. The molecule has 0 spiro atoms. The fraction of sp³-hybridized carbons (Fsp3) is 0.440. The fourth-order valence-electron chi connectivity index (χ4n) is 4.80. The van der Waals surface area contributed by atoms with Crippen molar-refractivity contribution in [3.05, 3.63) is 69.4 Å². The molecule has 3 heterocycles. The van der Waals surface area contributed by atoms with Crippen LogP contribution in [0.25, 0.3) is 15.9 Å². The van der Waals surface area contributed by atoms with E-state index in [0.29, 0.717) is 29.9 Å². The van der Waals surface area contributed by atoms with Gasteiger partial charge in [0, 0.05) is 38.3 Å². The second-order valence-corrected chi connectivity index (χ2v) is 8.98. The van der Waals surface area contributed by atoms with E-state index < -0.39 is 17.4 Å². The van der Waals surface area contributed by atoms with Gasteiger partial charge in [0.25, 0.3) is 5.82 Å². The SMILES string of the molecule is [C-]#[N+]c1ccc2c(n1)c(N1C[C@@H](CC)N(C(C)c3ccc(C(F)(F)F)cc3)C[C@@H]1C)nc(=O)n2C. The standard InChI is InChI=1S/C25H27F3N6O/c1-6-19-14-33(23-22-20(32(5)24(35)31-23)11-12-21(29-4)30-22)15(2)13-34(19)16(3)17-7-9-18(10-8-17)25(26,27)28/h7-12,15-16,19H,6,13-14H2,1-3,5H3/t15-,16?,19+/m0/s1. The first-order valence-electron chi connectivity index (χ1n) is 11.5. The number of nitrogens with zero attached hydrogens (tertiary/aromatic N) is 6. The third-order valence-corrected chi connectivity index (χ3v) is 6.88. The van der Waals surface area contributed by atoms with Crippen LogP contribution in [0.2, 0.25) is 0 Å². The smallest absolute Gasteiger partial charge is 0.361 e. The van der Waals surface area contributed by atoms with Crippen molar-refractivity contribution in [3.8, 4) is 0 Å². The van der Waals surface area contributed by atoms with E-state index in [1.54, 1.807) is 31.3 Å². The molecule has 4 rings (SSSR count). The third-order valence-electron chi connectivity index (χ3n) is 6.88. The molecule has 0 bridgehead atoms. The van der Waals surface area contributed by atoms with Gasteiger partial charge in [0.15, 0.2) is 5.82 Å². The topological polar surface area (TPSA) is 58.6 Å². The molecule has 35 heavy (non-hydrogen) atoms. The number of benzene rings is 1. The Hall–Kier alpha value is -3.45. The summed E-state index contributed by atoms with van der Waals surface area (Å²) in [7, 11) is 1.63. The first kappa shape index (κ1) is 24.7. The maximum Gasteiger partial charge on any atom is 0.416 e. The van der Waals surface area contributed by atoms with E-state index in [2.05, 4.69) is 31.5 Å². The summed E-state index contributed by atoms with van der Waals surface area (Å²) in [6.45, 7) is 14.6. The van der Waals surface area contributed by atoms with Gasteiger partial charge in [0.1, 0.15) is 0 Å². The predicted octanol–water partition coefficient (Wildman–Crippen LogP) is 4.95. The van der Waals surface area contributed by atoms with Gasteiger partial charge in [0.05, 0.1) is 11.1 Å². The van der Waals surface area contributed by atoms with Gasteiger partial charge in [-0.25, -0.2) is 4.79 Å². The van der Waals surface area contributed by atoms with E-state index in [1.165, 1.54) is 4.57 Å². The zero-order valence-electron chi connectivity index (χ0n) is 20.0. The number of pyridine rings is 1. The molecule has 1 aliphatic rings. The Morgan fingerprint density at radius 2 is 1.83 bits per heavy atom. The molecule has 0 saturated carbocycles. The van der Waals surface area contributed by atoms with Gasteiger partial charge in [-0.2, -0.15) is 18.2 Å². The van der Waals surface area contributed by atoms with Gasteiger partial charge in [-0.15, -0.1) is 4.98 Å². The lowest BCUT2D eigenvalue weighted by molar-refractivity contribution is -0.137. The molecule has 1 fully saturated rings. The van der Waals surface area contributed by atoms with Crippen molar-refractivity contribution in [1.82, 2.24) is 19.4 Å². The summed E-state index contributed by atoms with van der Waals surface area (Å²) in [6.07, 6.45) is -3.56. The normalized spacial score (nSPS) is 20.1. The number of aryl methyl sites for hydroxylation is 1. The van der Waals surface area contributed by atoms with Gasteiger partial charge in [-0.3, -0.25) is 9.47 Å². The molecule has 7 nitrogen and oxygen atoms in total. The largest absolute Gasteiger partial charge is 0.416 e. The summed E-state index contributed by atoms with van der Waals surface area (Å²) in [5, 5.41) is 0. The number of hydrogen-bond donors (Lipinski definition) is 0. The molecular formula is C25H27F3N6O. The lowest BCUT2D eigenvalue weighted by Crippen LogP contribution is -2.58. The Balaban J connectivity index is 1.67. The molecule has 0 aliphatic carbocycles. The minimum Gasteiger partial charge on any atom is -0.361 e. The van der Waals surface area contributed by atoms with Crippen molar-refractivity contribution in [2.45, 2.75) is 51.5 Å². The molecule has 2 aromatic heterocycles. The Labute approximate surface area is 201 Å². The van der Waals surface area contributed by atoms with Gasteiger partial charge in [-0.1, -0.05) is 25.6 Å². The number of rotatable bonds is 4. The van der Waals surface area contributed by atoms with E-state index in [-0.39, 0.29) is 23.9 Å². The summed E-state index contributed by atoms with van der Waals surface area (Å²) < 4.78 is 40.4.